The summed E-state index contributed by atoms with van der Waals surface area (Å²) in [5, 5.41) is 0.917. The Labute approximate surface area is 90.7 Å². The molecule has 1 amide bonds. The summed E-state index contributed by atoms with van der Waals surface area (Å²) in [5.41, 5.74) is 7.08. The number of rotatable bonds is 1. The van der Waals surface area contributed by atoms with Gasteiger partial charge >= 0.3 is 0 Å². The smallest absolute Gasteiger partial charge is 0.267 e. The highest BCUT2D eigenvalue weighted by Crippen LogP contribution is 2.32. The van der Waals surface area contributed by atoms with E-state index in [9.17, 15) is 4.79 Å². The van der Waals surface area contributed by atoms with Gasteiger partial charge in [0.05, 0.1) is 5.52 Å². The molecule has 0 saturated heterocycles. The monoisotopic (exact) mass is 216 g/mol. The Kier molecular flexibility index (Phi) is 1.81. The van der Waals surface area contributed by atoms with Crippen LogP contribution in [0.5, 0.6) is 5.75 Å². The zero-order chi connectivity index (χ0) is 11.1. The first-order valence-corrected chi connectivity index (χ1v) is 4.77. The van der Waals surface area contributed by atoms with Gasteiger partial charge in [-0.15, -0.1) is 0 Å². The van der Waals surface area contributed by atoms with Crippen LogP contribution in [0.3, 0.4) is 0 Å². The molecule has 5 nitrogen and oxygen atoms in total. The molecule has 0 fully saturated rings. The molecule has 1 aliphatic rings. The lowest BCUT2D eigenvalue weighted by atomic mass is 10.1. The van der Waals surface area contributed by atoms with E-state index in [0.29, 0.717) is 17.9 Å². The van der Waals surface area contributed by atoms with Crippen molar-refractivity contribution in [3.63, 3.8) is 0 Å². The predicted molar refractivity (Wildman–Crippen MR) is 55.7 cm³/mol. The highest BCUT2D eigenvalue weighted by Gasteiger charge is 2.17. The van der Waals surface area contributed by atoms with Crippen molar-refractivity contribution in [2.45, 2.75) is 6.61 Å². The summed E-state index contributed by atoms with van der Waals surface area (Å²) in [7, 11) is 0. The van der Waals surface area contributed by atoms with Crippen molar-refractivity contribution in [1.29, 1.82) is 0 Å². The van der Waals surface area contributed by atoms with Crippen LogP contribution < -0.4 is 10.6 Å². The molecule has 2 aromatic rings. The molecule has 0 unspecified atom stereocenters. The first kappa shape index (κ1) is 9.11. The molecule has 80 valence electrons. The summed E-state index contributed by atoms with van der Waals surface area (Å²) in [6.45, 7) is 0.393. The van der Waals surface area contributed by atoms with Crippen LogP contribution in [0.15, 0.2) is 24.3 Å². The largest absolute Gasteiger partial charge is 0.364 e. The minimum absolute atomic E-state index is 0.257. The standard InChI is InChI=1S/C11H8N2O3/c12-11(14)9-2-1-6-7-5-15-16-10(7)4-3-8(6)13-9/h1-4H,5H2,(H2,12,14). The molecule has 0 spiro atoms. The number of pyridine rings is 1. The van der Waals surface area contributed by atoms with Gasteiger partial charge in [0.1, 0.15) is 12.3 Å². The highest BCUT2D eigenvalue weighted by molar-refractivity contribution is 5.94. The molecule has 0 radical (unpaired) electrons. The Balaban J connectivity index is 2.28. The molecule has 2 heterocycles. The van der Waals surface area contributed by atoms with Crippen LogP contribution in [0.2, 0.25) is 0 Å². The Bertz CT molecular complexity index is 595. The Hall–Kier alpha value is -2.14. The molecule has 2 N–H and O–H groups in total. The maximum Gasteiger partial charge on any atom is 0.267 e. The summed E-state index contributed by atoms with van der Waals surface area (Å²) in [6.07, 6.45) is 0. The Morgan fingerprint density at radius 3 is 3.00 bits per heavy atom. The second kappa shape index (κ2) is 3.18. The number of primary amides is 1. The van der Waals surface area contributed by atoms with Crippen LogP contribution in [-0.2, 0) is 11.5 Å². The molecule has 0 aliphatic carbocycles. The zero-order valence-corrected chi connectivity index (χ0v) is 8.27. The van der Waals surface area contributed by atoms with Gasteiger partial charge in [0.25, 0.3) is 5.91 Å². The lowest BCUT2D eigenvalue weighted by Crippen LogP contribution is -2.12. The topological polar surface area (TPSA) is 74.4 Å². The van der Waals surface area contributed by atoms with Gasteiger partial charge in [-0.1, -0.05) is 0 Å². The summed E-state index contributed by atoms with van der Waals surface area (Å²) in [5.74, 6) is 0.163. The van der Waals surface area contributed by atoms with Crippen LogP contribution in [0.1, 0.15) is 16.1 Å². The lowest BCUT2D eigenvalue weighted by Gasteiger charge is -2.02. The van der Waals surface area contributed by atoms with E-state index in [4.69, 9.17) is 15.5 Å². The van der Waals surface area contributed by atoms with Crippen LogP contribution >= 0.6 is 0 Å². The van der Waals surface area contributed by atoms with Gasteiger partial charge in [0.2, 0.25) is 0 Å². The normalized spacial score (nSPS) is 13.5. The second-order valence-electron chi connectivity index (χ2n) is 3.52. The van der Waals surface area contributed by atoms with E-state index < -0.39 is 5.91 Å². The van der Waals surface area contributed by atoms with E-state index in [-0.39, 0.29) is 5.69 Å². The van der Waals surface area contributed by atoms with Gasteiger partial charge in [-0.25, -0.2) is 4.98 Å². The van der Waals surface area contributed by atoms with Crippen molar-refractivity contribution in [3.05, 3.63) is 35.5 Å². The minimum atomic E-state index is -0.533. The number of nitrogens with zero attached hydrogens (tertiary/aromatic N) is 1. The van der Waals surface area contributed by atoms with Crippen molar-refractivity contribution >= 4 is 16.8 Å². The molecule has 1 aromatic carbocycles. The maximum absolute atomic E-state index is 11.0. The van der Waals surface area contributed by atoms with E-state index in [1.807, 2.05) is 0 Å². The van der Waals surface area contributed by atoms with Gasteiger partial charge in [-0.05, 0) is 24.3 Å². The third kappa shape index (κ3) is 1.22. The minimum Gasteiger partial charge on any atom is -0.364 e. The number of benzene rings is 1. The fourth-order valence-electron chi connectivity index (χ4n) is 1.76. The van der Waals surface area contributed by atoms with E-state index in [1.54, 1.807) is 24.3 Å². The van der Waals surface area contributed by atoms with E-state index in [1.165, 1.54) is 0 Å². The fourth-order valence-corrected chi connectivity index (χ4v) is 1.76. The van der Waals surface area contributed by atoms with Gasteiger partial charge in [-0.3, -0.25) is 4.79 Å². The summed E-state index contributed by atoms with van der Waals surface area (Å²) < 4.78 is 0. The number of carbonyl (C=O) groups is 1. The van der Waals surface area contributed by atoms with E-state index in [0.717, 1.165) is 10.9 Å². The number of nitrogens with two attached hydrogens (primary N) is 1. The first-order valence-electron chi connectivity index (χ1n) is 4.77. The summed E-state index contributed by atoms with van der Waals surface area (Å²) in [6, 6.07) is 6.94. The number of hydrogen-bond acceptors (Lipinski definition) is 4. The Morgan fingerprint density at radius 2 is 2.19 bits per heavy atom. The molecule has 1 aliphatic heterocycles. The number of fused-ring (bicyclic) bond motifs is 3. The molecule has 5 heteroatoms. The number of amides is 1. The molecule has 0 atom stereocenters. The quantitative estimate of drug-likeness (QED) is 0.726. The number of aromatic nitrogens is 1. The summed E-state index contributed by atoms with van der Waals surface area (Å²) in [4.78, 5) is 25.0. The third-order valence-electron chi connectivity index (χ3n) is 2.54. The van der Waals surface area contributed by atoms with E-state index in [2.05, 4.69) is 4.98 Å². The van der Waals surface area contributed by atoms with Gasteiger partial charge in [0.15, 0.2) is 5.75 Å². The molecule has 1 aromatic heterocycles. The predicted octanol–water partition coefficient (Wildman–Crippen LogP) is 1.16. The van der Waals surface area contributed by atoms with Gasteiger partial charge in [-0.2, -0.15) is 4.89 Å². The molecular weight excluding hydrogens is 208 g/mol. The average Bonchev–Trinajstić information content (AvgIpc) is 2.76. The van der Waals surface area contributed by atoms with Crippen LogP contribution in [-0.4, -0.2) is 10.9 Å². The van der Waals surface area contributed by atoms with Crippen molar-refractivity contribution < 1.29 is 14.6 Å². The maximum atomic E-state index is 11.0. The SMILES string of the molecule is NC(=O)c1ccc2c3c(ccc2n1)OOC3. The highest BCUT2D eigenvalue weighted by atomic mass is 17.2. The van der Waals surface area contributed by atoms with Crippen molar-refractivity contribution in [3.8, 4) is 5.75 Å². The van der Waals surface area contributed by atoms with Crippen LogP contribution in [0.25, 0.3) is 10.9 Å². The third-order valence-corrected chi connectivity index (χ3v) is 2.54. The van der Waals surface area contributed by atoms with E-state index >= 15 is 0 Å². The van der Waals surface area contributed by atoms with Crippen LogP contribution in [0, 0.1) is 0 Å². The molecular formula is C11H8N2O3. The summed E-state index contributed by atoms with van der Waals surface area (Å²) >= 11 is 0. The van der Waals surface area contributed by atoms with Crippen molar-refractivity contribution in [2.24, 2.45) is 5.73 Å². The molecule has 0 bridgehead atoms. The van der Waals surface area contributed by atoms with Crippen LogP contribution in [0.4, 0.5) is 0 Å². The molecule has 16 heavy (non-hydrogen) atoms. The number of carbonyl (C=O) groups excluding carboxylic acids is 1. The van der Waals surface area contributed by atoms with Crippen molar-refractivity contribution in [1.82, 2.24) is 4.98 Å². The Morgan fingerprint density at radius 1 is 1.31 bits per heavy atom. The van der Waals surface area contributed by atoms with Gasteiger partial charge < -0.3 is 10.6 Å². The van der Waals surface area contributed by atoms with Gasteiger partial charge in [0, 0.05) is 10.9 Å². The fraction of sp³-hybridized carbons (Fsp3) is 0.0909. The average molecular weight is 216 g/mol. The first-order chi connectivity index (χ1) is 7.75. The second-order valence-corrected chi connectivity index (χ2v) is 3.52. The van der Waals surface area contributed by atoms with Crippen molar-refractivity contribution in [2.75, 3.05) is 0 Å². The molecule has 3 rings (SSSR count). The molecule has 0 saturated carbocycles. The lowest BCUT2D eigenvalue weighted by molar-refractivity contribution is -0.194. The number of hydrogen-bond donors (Lipinski definition) is 1. The zero-order valence-electron chi connectivity index (χ0n) is 8.27.